The Kier molecular flexibility index (Phi) is 4.76. The Hall–Kier alpha value is -0.390. The van der Waals surface area contributed by atoms with E-state index in [1.165, 1.54) is 6.26 Å². The van der Waals surface area contributed by atoms with Gasteiger partial charge in [0.2, 0.25) is 10.0 Å². The van der Waals surface area contributed by atoms with E-state index in [4.69, 9.17) is 0 Å². The van der Waals surface area contributed by atoms with E-state index in [0.717, 1.165) is 25.9 Å². The molecule has 15 heavy (non-hydrogen) atoms. The van der Waals surface area contributed by atoms with E-state index in [2.05, 4.69) is 11.9 Å². The summed E-state index contributed by atoms with van der Waals surface area (Å²) in [4.78, 5) is 0. The molecule has 1 aliphatic rings. The van der Waals surface area contributed by atoms with Gasteiger partial charge in [-0.3, -0.25) is 0 Å². The molecule has 1 aliphatic heterocycles. The van der Waals surface area contributed by atoms with Crippen molar-refractivity contribution >= 4 is 10.0 Å². The molecule has 1 N–H and O–H groups in total. The van der Waals surface area contributed by atoms with E-state index >= 15 is 0 Å². The Balaban J connectivity index is 2.39. The normalized spacial score (nSPS) is 23.9. The van der Waals surface area contributed by atoms with Gasteiger partial charge in [0.15, 0.2) is 0 Å². The third kappa shape index (κ3) is 4.32. The van der Waals surface area contributed by atoms with Crippen molar-refractivity contribution < 1.29 is 8.42 Å². The molecule has 0 bridgehead atoms. The van der Waals surface area contributed by atoms with Gasteiger partial charge in [-0.2, -0.15) is 0 Å². The quantitative estimate of drug-likeness (QED) is 0.552. The summed E-state index contributed by atoms with van der Waals surface area (Å²) < 4.78 is 24.3. The maximum atomic E-state index is 11.4. The Morgan fingerprint density at radius 2 is 2.33 bits per heavy atom. The van der Waals surface area contributed by atoms with Crippen molar-refractivity contribution in [2.75, 3.05) is 32.4 Å². The molecule has 0 spiro atoms. The van der Waals surface area contributed by atoms with Gasteiger partial charge in [-0.25, -0.2) is 12.7 Å². The van der Waals surface area contributed by atoms with Crippen LogP contribution in [0.5, 0.6) is 0 Å². The van der Waals surface area contributed by atoms with Crippen LogP contribution in [0.3, 0.4) is 0 Å². The summed E-state index contributed by atoms with van der Waals surface area (Å²) in [5.41, 5.74) is 0. The zero-order valence-corrected chi connectivity index (χ0v) is 10.1. The van der Waals surface area contributed by atoms with Crippen LogP contribution in [0.4, 0.5) is 0 Å². The van der Waals surface area contributed by atoms with Gasteiger partial charge in [-0.05, 0) is 25.3 Å². The number of sulfonamides is 1. The molecule has 0 aromatic carbocycles. The van der Waals surface area contributed by atoms with Crippen molar-refractivity contribution in [3.8, 4) is 0 Å². The molecule has 0 saturated carbocycles. The average molecular weight is 232 g/mol. The summed E-state index contributed by atoms with van der Waals surface area (Å²) in [6.45, 7) is 6.62. The van der Waals surface area contributed by atoms with Crippen molar-refractivity contribution in [1.82, 2.24) is 9.62 Å². The van der Waals surface area contributed by atoms with Crippen LogP contribution >= 0.6 is 0 Å². The zero-order valence-electron chi connectivity index (χ0n) is 9.28. The SMILES string of the molecule is C=CCNCC1CCCN(S(C)(=O)=O)C1. The maximum absolute atomic E-state index is 11.4. The molecule has 1 atom stereocenters. The van der Waals surface area contributed by atoms with Crippen molar-refractivity contribution in [3.63, 3.8) is 0 Å². The summed E-state index contributed by atoms with van der Waals surface area (Å²) in [6.07, 6.45) is 5.17. The third-order valence-corrected chi connectivity index (χ3v) is 3.94. The molecular weight excluding hydrogens is 212 g/mol. The van der Waals surface area contributed by atoms with E-state index in [1.54, 1.807) is 4.31 Å². The molecule has 0 amide bonds. The monoisotopic (exact) mass is 232 g/mol. The van der Waals surface area contributed by atoms with Gasteiger partial charge in [-0.1, -0.05) is 6.08 Å². The molecule has 0 aromatic heterocycles. The van der Waals surface area contributed by atoms with E-state index in [1.807, 2.05) is 6.08 Å². The van der Waals surface area contributed by atoms with Gasteiger partial charge in [0, 0.05) is 19.6 Å². The predicted octanol–water partition coefficient (Wildman–Crippen LogP) is 0.434. The first-order valence-electron chi connectivity index (χ1n) is 5.30. The topological polar surface area (TPSA) is 49.4 Å². The van der Waals surface area contributed by atoms with Crippen LogP contribution < -0.4 is 5.32 Å². The summed E-state index contributed by atoms with van der Waals surface area (Å²) >= 11 is 0. The first-order valence-corrected chi connectivity index (χ1v) is 7.15. The Bertz CT molecular complexity index is 301. The molecule has 1 rings (SSSR count). The standard InChI is InChI=1S/C10H20N2O2S/c1-3-6-11-8-10-5-4-7-12(9-10)15(2,13)14/h3,10-11H,1,4-9H2,2H3. The molecule has 1 fully saturated rings. The summed E-state index contributed by atoms with van der Waals surface area (Å²) in [7, 11) is -3.00. The first kappa shape index (κ1) is 12.7. The first-order chi connectivity index (χ1) is 7.04. The Morgan fingerprint density at radius 1 is 1.60 bits per heavy atom. The van der Waals surface area contributed by atoms with E-state index < -0.39 is 10.0 Å². The number of hydrogen-bond donors (Lipinski definition) is 1. The van der Waals surface area contributed by atoms with Crippen molar-refractivity contribution in [3.05, 3.63) is 12.7 Å². The van der Waals surface area contributed by atoms with Gasteiger partial charge in [0.1, 0.15) is 0 Å². The number of hydrogen-bond acceptors (Lipinski definition) is 3. The van der Waals surface area contributed by atoms with E-state index in [0.29, 0.717) is 19.0 Å². The van der Waals surface area contributed by atoms with Crippen LogP contribution in [-0.4, -0.2) is 45.2 Å². The minimum atomic E-state index is -3.00. The minimum Gasteiger partial charge on any atom is -0.313 e. The highest BCUT2D eigenvalue weighted by atomic mass is 32.2. The smallest absolute Gasteiger partial charge is 0.211 e. The lowest BCUT2D eigenvalue weighted by atomic mass is 10.00. The van der Waals surface area contributed by atoms with Crippen LogP contribution in [0.15, 0.2) is 12.7 Å². The highest BCUT2D eigenvalue weighted by Gasteiger charge is 2.25. The number of rotatable bonds is 5. The van der Waals surface area contributed by atoms with Gasteiger partial charge in [0.05, 0.1) is 6.26 Å². The number of piperidine rings is 1. The van der Waals surface area contributed by atoms with Gasteiger partial charge in [0.25, 0.3) is 0 Å². The maximum Gasteiger partial charge on any atom is 0.211 e. The minimum absolute atomic E-state index is 0.438. The van der Waals surface area contributed by atoms with Crippen LogP contribution in [0.2, 0.25) is 0 Å². The molecule has 4 nitrogen and oxygen atoms in total. The summed E-state index contributed by atoms with van der Waals surface area (Å²) in [6, 6.07) is 0. The van der Waals surface area contributed by atoms with Gasteiger partial charge in [-0.15, -0.1) is 6.58 Å². The van der Waals surface area contributed by atoms with Crippen LogP contribution in [0.1, 0.15) is 12.8 Å². The molecule has 1 unspecified atom stereocenters. The van der Waals surface area contributed by atoms with Crippen molar-refractivity contribution in [2.24, 2.45) is 5.92 Å². The fraction of sp³-hybridized carbons (Fsp3) is 0.800. The lowest BCUT2D eigenvalue weighted by Gasteiger charge is -2.30. The van der Waals surface area contributed by atoms with E-state index in [9.17, 15) is 8.42 Å². The Labute approximate surface area is 92.4 Å². The fourth-order valence-electron chi connectivity index (χ4n) is 1.88. The lowest BCUT2D eigenvalue weighted by molar-refractivity contribution is 0.263. The summed E-state index contributed by atoms with van der Waals surface area (Å²) in [5.74, 6) is 0.438. The van der Waals surface area contributed by atoms with Crippen LogP contribution in [0, 0.1) is 5.92 Å². The molecule has 0 aromatic rings. The zero-order chi connectivity index (χ0) is 11.3. The second-order valence-corrected chi connectivity index (χ2v) is 6.06. The van der Waals surface area contributed by atoms with E-state index in [-0.39, 0.29) is 0 Å². The largest absolute Gasteiger partial charge is 0.313 e. The fourth-order valence-corrected chi connectivity index (χ4v) is 2.83. The predicted molar refractivity (Wildman–Crippen MR) is 62.2 cm³/mol. The summed E-state index contributed by atoms with van der Waals surface area (Å²) in [5, 5.41) is 3.24. The molecule has 1 saturated heterocycles. The molecular formula is C10H20N2O2S. The van der Waals surface area contributed by atoms with Crippen LogP contribution in [0.25, 0.3) is 0 Å². The van der Waals surface area contributed by atoms with Crippen molar-refractivity contribution in [2.45, 2.75) is 12.8 Å². The van der Waals surface area contributed by atoms with Gasteiger partial charge < -0.3 is 5.32 Å². The third-order valence-electron chi connectivity index (χ3n) is 2.67. The molecule has 88 valence electrons. The highest BCUT2D eigenvalue weighted by Crippen LogP contribution is 2.17. The molecule has 1 heterocycles. The second-order valence-electron chi connectivity index (χ2n) is 4.08. The molecule has 0 radical (unpaired) electrons. The number of nitrogens with zero attached hydrogens (tertiary/aromatic N) is 1. The Morgan fingerprint density at radius 3 is 2.93 bits per heavy atom. The highest BCUT2D eigenvalue weighted by molar-refractivity contribution is 7.88. The average Bonchev–Trinajstić information content (AvgIpc) is 2.17. The lowest BCUT2D eigenvalue weighted by Crippen LogP contribution is -2.42. The molecule has 0 aliphatic carbocycles. The molecule has 5 heteroatoms. The van der Waals surface area contributed by atoms with Crippen LogP contribution in [-0.2, 0) is 10.0 Å². The second kappa shape index (κ2) is 5.63. The van der Waals surface area contributed by atoms with Crippen molar-refractivity contribution in [1.29, 1.82) is 0 Å². The number of nitrogens with one attached hydrogen (secondary N) is 1. The van der Waals surface area contributed by atoms with Gasteiger partial charge >= 0.3 is 0 Å².